The fraction of sp³-hybridized carbons (Fsp3) is 0.0588. The van der Waals surface area contributed by atoms with Gasteiger partial charge in [0.15, 0.2) is 5.43 Å². The van der Waals surface area contributed by atoms with Gasteiger partial charge in [-0.25, -0.2) is 9.18 Å². The molecule has 2 aromatic carbocycles. The average Bonchev–Trinajstić information content (AvgIpc) is 2.55. The zero-order chi connectivity index (χ0) is 18.9. The first-order chi connectivity index (χ1) is 12.2. The largest absolute Gasteiger partial charge is 0.416 e. The topological polar surface area (TPSA) is 74.0 Å². The van der Waals surface area contributed by atoms with Crippen molar-refractivity contribution in [1.82, 2.24) is 4.98 Å². The van der Waals surface area contributed by atoms with E-state index in [1.54, 1.807) is 0 Å². The smallest absolute Gasteiger partial charge is 0.341 e. The molecule has 0 unspecified atom stereocenters. The number of hydrogen-bond acceptors (Lipinski definition) is 2. The van der Waals surface area contributed by atoms with Crippen LogP contribution >= 0.6 is 0 Å². The van der Waals surface area contributed by atoms with Gasteiger partial charge in [0.2, 0.25) is 0 Å². The first-order valence-corrected chi connectivity index (χ1v) is 7.30. The summed E-state index contributed by atoms with van der Waals surface area (Å²) < 4.78 is 50.7. The molecule has 0 fully saturated rings. The molecule has 0 spiro atoms. The van der Waals surface area contributed by atoms with Crippen LogP contribution in [-0.4, -0.2) is 11.0 Å². The summed E-state index contributed by atoms with van der Waals surface area (Å²) >= 11 is 0. The van der Waals surface area contributed by atoms with Crippen LogP contribution in [0.4, 0.5) is 33.9 Å². The third-order valence-electron chi connectivity index (χ3n) is 3.51. The van der Waals surface area contributed by atoms with Gasteiger partial charge in [-0.3, -0.25) is 10.1 Å². The molecule has 3 rings (SSSR count). The Morgan fingerprint density at radius 1 is 0.962 bits per heavy atom. The summed E-state index contributed by atoms with van der Waals surface area (Å²) in [7, 11) is 0. The zero-order valence-electron chi connectivity index (χ0n) is 12.9. The number of amides is 2. The fourth-order valence-electron chi connectivity index (χ4n) is 2.31. The highest BCUT2D eigenvalue weighted by atomic mass is 19.4. The van der Waals surface area contributed by atoms with E-state index in [1.807, 2.05) is 0 Å². The molecular weight excluding hydrogens is 354 g/mol. The first-order valence-electron chi connectivity index (χ1n) is 7.30. The van der Waals surface area contributed by atoms with E-state index in [1.165, 1.54) is 6.07 Å². The van der Waals surface area contributed by atoms with E-state index in [0.29, 0.717) is 5.52 Å². The minimum atomic E-state index is -4.47. The molecule has 1 heterocycles. The molecule has 0 bridgehead atoms. The molecule has 0 aliphatic rings. The lowest BCUT2D eigenvalue weighted by molar-refractivity contribution is -0.137. The maximum Gasteiger partial charge on any atom is 0.416 e. The Morgan fingerprint density at radius 2 is 1.65 bits per heavy atom. The van der Waals surface area contributed by atoms with Crippen LogP contribution in [0, 0.1) is 5.82 Å². The predicted octanol–water partition coefficient (Wildman–Crippen LogP) is 4.33. The Morgan fingerprint density at radius 3 is 2.31 bits per heavy atom. The summed E-state index contributed by atoms with van der Waals surface area (Å²) in [6.07, 6.45) is -4.47. The Balaban J connectivity index is 1.75. The molecule has 0 aliphatic heterocycles. The molecule has 0 saturated carbocycles. The van der Waals surface area contributed by atoms with E-state index in [4.69, 9.17) is 0 Å². The number of alkyl halides is 3. The Kier molecular flexibility index (Phi) is 4.37. The van der Waals surface area contributed by atoms with Gasteiger partial charge < -0.3 is 10.3 Å². The van der Waals surface area contributed by atoms with Gasteiger partial charge in [0.05, 0.1) is 11.1 Å². The molecule has 0 aliphatic carbocycles. The molecule has 5 nitrogen and oxygen atoms in total. The summed E-state index contributed by atoms with van der Waals surface area (Å²) in [4.78, 5) is 26.7. The number of anilines is 2. The number of hydrogen-bond donors (Lipinski definition) is 3. The molecular formula is C17H11F4N3O2. The van der Waals surface area contributed by atoms with Crippen molar-refractivity contribution in [2.24, 2.45) is 0 Å². The zero-order valence-corrected chi connectivity index (χ0v) is 12.9. The summed E-state index contributed by atoms with van der Waals surface area (Å²) in [6, 6.07) is 7.78. The highest BCUT2D eigenvalue weighted by molar-refractivity contribution is 5.99. The number of fused-ring (bicyclic) bond motifs is 1. The average molecular weight is 365 g/mol. The van der Waals surface area contributed by atoms with Crippen LogP contribution in [0.15, 0.2) is 53.3 Å². The summed E-state index contributed by atoms with van der Waals surface area (Å²) in [6.45, 7) is 0. The molecule has 0 radical (unpaired) electrons. The Labute approximate surface area is 143 Å². The maximum atomic E-state index is 13.2. The molecule has 3 N–H and O–H groups in total. The molecule has 1 aromatic heterocycles. The van der Waals surface area contributed by atoms with Crippen molar-refractivity contribution in [3.8, 4) is 0 Å². The molecule has 2 amide bonds. The van der Waals surface area contributed by atoms with E-state index < -0.39 is 29.0 Å². The monoisotopic (exact) mass is 365 g/mol. The summed E-state index contributed by atoms with van der Waals surface area (Å²) in [5.41, 5.74) is -0.873. The van der Waals surface area contributed by atoms with Crippen molar-refractivity contribution in [1.29, 1.82) is 0 Å². The van der Waals surface area contributed by atoms with Crippen molar-refractivity contribution < 1.29 is 22.4 Å². The van der Waals surface area contributed by atoms with E-state index in [0.717, 1.165) is 42.5 Å². The van der Waals surface area contributed by atoms with Gasteiger partial charge in [-0.1, -0.05) is 0 Å². The number of pyridine rings is 1. The van der Waals surface area contributed by atoms with Crippen LogP contribution in [0.1, 0.15) is 5.56 Å². The van der Waals surface area contributed by atoms with Crippen molar-refractivity contribution >= 4 is 28.4 Å². The van der Waals surface area contributed by atoms with Crippen LogP contribution in [0.3, 0.4) is 0 Å². The maximum absolute atomic E-state index is 13.2. The third kappa shape index (κ3) is 3.82. The minimum absolute atomic E-state index is 0.0542. The first kappa shape index (κ1) is 17.5. The van der Waals surface area contributed by atoms with E-state index in [-0.39, 0.29) is 16.9 Å². The summed E-state index contributed by atoms with van der Waals surface area (Å²) in [5, 5.41) is 4.83. The molecule has 9 heteroatoms. The van der Waals surface area contributed by atoms with E-state index >= 15 is 0 Å². The van der Waals surface area contributed by atoms with Crippen LogP contribution in [0.2, 0.25) is 0 Å². The lowest BCUT2D eigenvalue weighted by atomic mass is 10.2. The van der Waals surface area contributed by atoms with Crippen molar-refractivity contribution in [3.63, 3.8) is 0 Å². The minimum Gasteiger partial charge on any atom is -0.341 e. The number of carbonyl (C=O) groups is 1. The van der Waals surface area contributed by atoms with Crippen molar-refractivity contribution in [3.05, 3.63) is 70.1 Å². The van der Waals surface area contributed by atoms with E-state index in [2.05, 4.69) is 15.6 Å². The number of benzene rings is 2. The van der Waals surface area contributed by atoms with Crippen LogP contribution in [-0.2, 0) is 6.18 Å². The molecule has 26 heavy (non-hydrogen) atoms. The highest BCUT2D eigenvalue weighted by Gasteiger charge is 2.29. The standard InChI is InChI=1S/C17H11F4N3O2/c18-10-3-6-13-12(7-10)14(25)8-15(23-13)24-16(26)22-11-4-1-9(2-5-11)17(19,20)21/h1-8H,(H3,22,23,24,25,26). The van der Waals surface area contributed by atoms with Gasteiger partial charge in [-0.2, -0.15) is 13.2 Å². The van der Waals surface area contributed by atoms with Crippen molar-refractivity contribution in [2.75, 3.05) is 10.6 Å². The number of halogens is 4. The van der Waals surface area contributed by atoms with Gasteiger partial charge in [0.25, 0.3) is 0 Å². The van der Waals surface area contributed by atoms with Crippen LogP contribution in [0.5, 0.6) is 0 Å². The summed E-state index contributed by atoms with van der Waals surface area (Å²) in [5.74, 6) is -0.512. The normalized spacial score (nSPS) is 11.4. The van der Waals surface area contributed by atoms with Gasteiger partial charge in [0, 0.05) is 17.1 Å². The Bertz CT molecular complexity index is 1030. The van der Waals surface area contributed by atoms with Gasteiger partial charge in [-0.15, -0.1) is 0 Å². The van der Waals surface area contributed by atoms with Gasteiger partial charge >= 0.3 is 12.2 Å². The quantitative estimate of drug-likeness (QED) is 0.592. The number of urea groups is 1. The predicted molar refractivity (Wildman–Crippen MR) is 88.6 cm³/mol. The molecule has 134 valence electrons. The second kappa shape index (κ2) is 6.51. The lowest BCUT2D eigenvalue weighted by Gasteiger charge is -2.10. The lowest BCUT2D eigenvalue weighted by Crippen LogP contribution is -2.21. The van der Waals surface area contributed by atoms with E-state index in [9.17, 15) is 27.2 Å². The number of carbonyl (C=O) groups excluding carboxylic acids is 1. The number of H-pyrrole nitrogens is 1. The number of nitrogens with one attached hydrogen (secondary N) is 3. The Hall–Kier alpha value is -3.36. The SMILES string of the molecule is O=C(Nc1ccc(C(F)(F)F)cc1)Nc1cc(=O)c2cc(F)ccc2[nH]1. The van der Waals surface area contributed by atoms with Crippen LogP contribution in [0.25, 0.3) is 10.9 Å². The number of aromatic nitrogens is 1. The van der Waals surface area contributed by atoms with Crippen LogP contribution < -0.4 is 16.1 Å². The van der Waals surface area contributed by atoms with Crippen molar-refractivity contribution in [2.45, 2.75) is 6.18 Å². The third-order valence-corrected chi connectivity index (χ3v) is 3.51. The van der Waals surface area contributed by atoms with Gasteiger partial charge in [-0.05, 0) is 42.5 Å². The fourth-order valence-corrected chi connectivity index (χ4v) is 2.31. The molecule has 3 aromatic rings. The highest BCUT2D eigenvalue weighted by Crippen LogP contribution is 2.29. The molecule has 0 atom stereocenters. The molecule has 0 saturated heterocycles. The second-order valence-corrected chi connectivity index (χ2v) is 5.39. The number of rotatable bonds is 2. The van der Waals surface area contributed by atoms with Gasteiger partial charge in [0.1, 0.15) is 11.6 Å². The number of aromatic amines is 1. The second-order valence-electron chi connectivity index (χ2n) is 5.39.